The number of H-pyrrole nitrogens is 1. The summed E-state index contributed by atoms with van der Waals surface area (Å²) in [4.78, 5) is 0. The first kappa shape index (κ1) is 14.8. The van der Waals surface area contributed by atoms with Crippen molar-refractivity contribution in [2.45, 2.75) is 26.8 Å². The fourth-order valence-corrected chi connectivity index (χ4v) is 2.23. The van der Waals surface area contributed by atoms with Crippen molar-refractivity contribution in [3.05, 3.63) is 42.1 Å². The molecule has 0 unspecified atom stereocenters. The van der Waals surface area contributed by atoms with Gasteiger partial charge < -0.3 is 10.4 Å². The Hall–Kier alpha value is -1.65. The Morgan fingerprint density at radius 3 is 2.70 bits per heavy atom. The minimum absolute atomic E-state index is 0.103. The van der Waals surface area contributed by atoms with Gasteiger partial charge in [-0.1, -0.05) is 44.2 Å². The highest BCUT2D eigenvalue weighted by Crippen LogP contribution is 2.21. The number of aromatic nitrogens is 2. The molecule has 0 aliphatic rings. The van der Waals surface area contributed by atoms with E-state index in [0.717, 1.165) is 36.3 Å². The van der Waals surface area contributed by atoms with E-state index in [2.05, 4.69) is 41.5 Å². The van der Waals surface area contributed by atoms with Gasteiger partial charge in [0.1, 0.15) is 0 Å². The fourth-order valence-electron chi connectivity index (χ4n) is 2.23. The van der Waals surface area contributed by atoms with Gasteiger partial charge in [0.05, 0.1) is 11.9 Å². The molecule has 0 saturated heterocycles. The number of nitrogens with one attached hydrogen (secondary N) is 2. The van der Waals surface area contributed by atoms with Crippen LogP contribution in [0, 0.1) is 5.41 Å². The Labute approximate surface area is 120 Å². The number of rotatable bonds is 7. The summed E-state index contributed by atoms with van der Waals surface area (Å²) < 4.78 is 0. The van der Waals surface area contributed by atoms with E-state index in [1.54, 1.807) is 0 Å². The number of hydrogen-bond acceptors (Lipinski definition) is 3. The second-order valence-corrected chi connectivity index (χ2v) is 5.88. The molecule has 0 bridgehead atoms. The van der Waals surface area contributed by atoms with E-state index >= 15 is 0 Å². The van der Waals surface area contributed by atoms with E-state index in [1.165, 1.54) is 0 Å². The first-order chi connectivity index (χ1) is 9.62. The van der Waals surface area contributed by atoms with Gasteiger partial charge in [-0.2, -0.15) is 5.10 Å². The lowest BCUT2D eigenvalue weighted by Gasteiger charge is -2.23. The predicted molar refractivity (Wildman–Crippen MR) is 81.2 cm³/mol. The molecule has 108 valence electrons. The minimum atomic E-state index is 0.103. The Morgan fingerprint density at radius 2 is 2.00 bits per heavy atom. The summed E-state index contributed by atoms with van der Waals surface area (Å²) in [6.07, 6.45) is 2.67. The lowest BCUT2D eigenvalue weighted by molar-refractivity contribution is 0.207. The Balaban J connectivity index is 1.97. The molecule has 1 heterocycles. The summed E-state index contributed by atoms with van der Waals surface area (Å²) >= 11 is 0. The van der Waals surface area contributed by atoms with Crippen molar-refractivity contribution in [1.29, 1.82) is 0 Å². The van der Waals surface area contributed by atoms with Crippen LogP contribution in [-0.2, 0) is 6.54 Å². The summed E-state index contributed by atoms with van der Waals surface area (Å²) in [6.45, 7) is 6.19. The van der Waals surface area contributed by atoms with Crippen molar-refractivity contribution in [3.63, 3.8) is 0 Å². The monoisotopic (exact) mass is 273 g/mol. The maximum Gasteiger partial charge on any atom is 0.0695 e. The second-order valence-electron chi connectivity index (χ2n) is 5.88. The summed E-state index contributed by atoms with van der Waals surface area (Å²) in [7, 11) is 0. The molecule has 1 aromatic heterocycles. The number of aliphatic hydroxyl groups is 1. The molecule has 0 aliphatic carbocycles. The van der Waals surface area contributed by atoms with Crippen LogP contribution >= 0.6 is 0 Å². The van der Waals surface area contributed by atoms with E-state index in [-0.39, 0.29) is 12.0 Å². The van der Waals surface area contributed by atoms with Gasteiger partial charge in [0.25, 0.3) is 0 Å². The SMILES string of the molecule is CC(C)(CCO)CNCc1cn[nH]c1-c1ccccc1. The van der Waals surface area contributed by atoms with Gasteiger partial charge in [0.2, 0.25) is 0 Å². The lowest BCUT2D eigenvalue weighted by atomic mass is 9.90. The topological polar surface area (TPSA) is 60.9 Å². The molecule has 2 rings (SSSR count). The van der Waals surface area contributed by atoms with E-state index in [4.69, 9.17) is 5.11 Å². The molecule has 0 aliphatic heterocycles. The van der Waals surface area contributed by atoms with Crippen LogP contribution in [0.15, 0.2) is 36.5 Å². The summed E-state index contributed by atoms with van der Waals surface area (Å²) in [6, 6.07) is 10.2. The second kappa shape index (κ2) is 6.68. The molecule has 0 spiro atoms. The zero-order valence-electron chi connectivity index (χ0n) is 12.2. The quantitative estimate of drug-likeness (QED) is 0.726. The van der Waals surface area contributed by atoms with E-state index in [0.29, 0.717) is 0 Å². The number of hydrogen-bond donors (Lipinski definition) is 3. The van der Waals surface area contributed by atoms with Gasteiger partial charge in [-0.25, -0.2) is 0 Å². The first-order valence-corrected chi connectivity index (χ1v) is 7.02. The lowest BCUT2D eigenvalue weighted by Crippen LogP contribution is -2.29. The van der Waals surface area contributed by atoms with Crippen molar-refractivity contribution in [1.82, 2.24) is 15.5 Å². The van der Waals surface area contributed by atoms with Crippen LogP contribution < -0.4 is 5.32 Å². The number of nitrogens with zero attached hydrogens (tertiary/aromatic N) is 1. The normalized spacial score (nSPS) is 11.8. The van der Waals surface area contributed by atoms with Crippen molar-refractivity contribution in [2.24, 2.45) is 5.41 Å². The summed E-state index contributed by atoms with van der Waals surface area (Å²) in [5.41, 5.74) is 3.48. The third-order valence-electron chi connectivity index (χ3n) is 3.49. The molecular formula is C16H23N3O. The van der Waals surface area contributed by atoms with Crippen molar-refractivity contribution >= 4 is 0 Å². The predicted octanol–water partition coefficient (Wildman–Crippen LogP) is 2.57. The van der Waals surface area contributed by atoms with Crippen LogP contribution in [0.4, 0.5) is 0 Å². The number of aromatic amines is 1. The van der Waals surface area contributed by atoms with Crippen molar-refractivity contribution in [2.75, 3.05) is 13.2 Å². The summed E-state index contributed by atoms with van der Waals surface area (Å²) in [5, 5.41) is 19.7. The molecule has 0 radical (unpaired) electrons. The van der Waals surface area contributed by atoms with Crippen molar-refractivity contribution in [3.8, 4) is 11.3 Å². The molecule has 2 aromatic rings. The average molecular weight is 273 g/mol. The summed E-state index contributed by atoms with van der Waals surface area (Å²) in [5.74, 6) is 0. The van der Waals surface area contributed by atoms with Gasteiger partial charge >= 0.3 is 0 Å². The van der Waals surface area contributed by atoms with Crippen LogP contribution in [0.3, 0.4) is 0 Å². The Morgan fingerprint density at radius 1 is 1.25 bits per heavy atom. The molecule has 0 fully saturated rings. The zero-order chi connectivity index (χ0) is 14.4. The third kappa shape index (κ3) is 3.92. The third-order valence-corrected chi connectivity index (χ3v) is 3.49. The molecule has 4 heteroatoms. The van der Waals surface area contributed by atoms with E-state index in [1.807, 2.05) is 24.4 Å². The van der Waals surface area contributed by atoms with Gasteiger partial charge in [-0.3, -0.25) is 5.10 Å². The maximum absolute atomic E-state index is 9.04. The number of benzene rings is 1. The van der Waals surface area contributed by atoms with Crippen LogP contribution in [0.2, 0.25) is 0 Å². The van der Waals surface area contributed by atoms with Gasteiger partial charge in [0.15, 0.2) is 0 Å². The fraction of sp³-hybridized carbons (Fsp3) is 0.438. The largest absolute Gasteiger partial charge is 0.396 e. The van der Waals surface area contributed by atoms with Crippen molar-refractivity contribution < 1.29 is 5.11 Å². The van der Waals surface area contributed by atoms with Gasteiger partial charge in [-0.15, -0.1) is 0 Å². The molecule has 1 aromatic carbocycles. The highest BCUT2D eigenvalue weighted by atomic mass is 16.3. The first-order valence-electron chi connectivity index (χ1n) is 7.02. The van der Waals surface area contributed by atoms with E-state index in [9.17, 15) is 0 Å². The van der Waals surface area contributed by atoms with Gasteiger partial charge in [0, 0.05) is 25.3 Å². The standard InChI is InChI=1S/C16H23N3O/c1-16(2,8-9-20)12-17-10-14-11-18-19-15(14)13-6-4-3-5-7-13/h3-7,11,17,20H,8-10,12H2,1-2H3,(H,18,19). The molecule has 20 heavy (non-hydrogen) atoms. The minimum Gasteiger partial charge on any atom is -0.396 e. The molecule has 0 atom stereocenters. The van der Waals surface area contributed by atoms with Gasteiger partial charge in [-0.05, 0) is 17.4 Å². The van der Waals surface area contributed by atoms with E-state index < -0.39 is 0 Å². The highest BCUT2D eigenvalue weighted by molar-refractivity contribution is 5.62. The van der Waals surface area contributed by atoms with Crippen LogP contribution in [0.25, 0.3) is 11.3 Å². The smallest absolute Gasteiger partial charge is 0.0695 e. The van der Waals surface area contributed by atoms with Crippen LogP contribution in [-0.4, -0.2) is 28.5 Å². The highest BCUT2D eigenvalue weighted by Gasteiger charge is 2.17. The number of aliphatic hydroxyl groups excluding tert-OH is 1. The average Bonchev–Trinajstić information content (AvgIpc) is 2.88. The van der Waals surface area contributed by atoms with Crippen LogP contribution in [0.5, 0.6) is 0 Å². The molecule has 0 saturated carbocycles. The molecule has 0 amide bonds. The Bertz CT molecular complexity index is 520. The molecular weight excluding hydrogens is 250 g/mol. The molecule has 3 N–H and O–H groups in total. The maximum atomic E-state index is 9.04. The molecule has 4 nitrogen and oxygen atoms in total. The zero-order valence-corrected chi connectivity index (χ0v) is 12.2. The Kier molecular flexibility index (Phi) is 4.93. The van der Waals surface area contributed by atoms with Crippen LogP contribution in [0.1, 0.15) is 25.8 Å².